The van der Waals surface area contributed by atoms with Crippen molar-refractivity contribution in [1.29, 1.82) is 0 Å². The van der Waals surface area contributed by atoms with Crippen LogP contribution in [0.2, 0.25) is 0 Å². The number of H-pyrrole nitrogens is 1. The maximum atomic E-state index is 12.8. The molecule has 0 bridgehead atoms. The van der Waals surface area contributed by atoms with E-state index in [1.807, 2.05) is 29.2 Å². The van der Waals surface area contributed by atoms with Crippen molar-refractivity contribution in [2.75, 3.05) is 6.54 Å². The van der Waals surface area contributed by atoms with Crippen molar-refractivity contribution in [3.63, 3.8) is 0 Å². The van der Waals surface area contributed by atoms with Gasteiger partial charge in [-0.25, -0.2) is 0 Å². The van der Waals surface area contributed by atoms with Crippen LogP contribution in [0.5, 0.6) is 0 Å². The third kappa shape index (κ3) is 3.82. The number of halogens is 1. The summed E-state index contributed by atoms with van der Waals surface area (Å²) in [4.78, 5) is 30.4. The Bertz CT molecular complexity index is 1170. The number of rotatable bonds is 4. The maximum absolute atomic E-state index is 12.8. The van der Waals surface area contributed by atoms with E-state index in [4.69, 9.17) is 12.2 Å². The lowest BCUT2D eigenvalue weighted by Gasteiger charge is -2.29. The molecule has 5 nitrogen and oxygen atoms in total. The number of nitrogens with one attached hydrogen (secondary N) is 1. The molecule has 7 heteroatoms. The second-order valence-corrected chi connectivity index (χ2v) is 8.32. The predicted molar refractivity (Wildman–Crippen MR) is 116 cm³/mol. The number of benzene rings is 2. The van der Waals surface area contributed by atoms with Crippen LogP contribution in [0.15, 0.2) is 51.7 Å². The Morgan fingerprint density at radius 3 is 2.79 bits per heavy atom. The van der Waals surface area contributed by atoms with Crippen LogP contribution in [0.1, 0.15) is 24.0 Å². The standard InChI is InChI=1S/C21H20BrN3O2S/c22-16-7-8-18-17(12-16)20(27)25(21(28)23-18)10-3-6-19(26)24-11-9-14-4-1-2-5-15(14)13-24/h1-2,4-5,7-8,12H,3,6,9-11,13H2,(H,23,28). The van der Waals surface area contributed by atoms with Crippen LogP contribution in [-0.2, 0) is 24.3 Å². The fourth-order valence-corrected chi connectivity index (χ4v) is 4.33. The van der Waals surface area contributed by atoms with Crippen molar-refractivity contribution in [2.24, 2.45) is 0 Å². The number of carbonyl (C=O) groups is 1. The van der Waals surface area contributed by atoms with Gasteiger partial charge in [0.25, 0.3) is 5.56 Å². The van der Waals surface area contributed by atoms with Crippen LogP contribution >= 0.6 is 28.1 Å². The molecule has 1 aliphatic heterocycles. The van der Waals surface area contributed by atoms with Crippen LogP contribution in [0.4, 0.5) is 0 Å². The van der Waals surface area contributed by atoms with Crippen molar-refractivity contribution in [3.8, 4) is 0 Å². The second kappa shape index (κ2) is 8.01. The Kier molecular flexibility index (Phi) is 5.46. The number of nitrogens with zero attached hydrogens (tertiary/aromatic N) is 2. The zero-order chi connectivity index (χ0) is 19.7. The molecule has 4 rings (SSSR count). The first kappa shape index (κ1) is 19.1. The van der Waals surface area contributed by atoms with Gasteiger partial charge in [-0.2, -0.15) is 0 Å². The molecular weight excluding hydrogens is 438 g/mol. The molecule has 2 aromatic carbocycles. The SMILES string of the molecule is O=C(CCCn1c(=S)[nH]c2ccc(Br)cc2c1=O)N1CCc2ccccc2C1. The Balaban J connectivity index is 1.44. The van der Waals surface area contributed by atoms with Gasteiger partial charge in [0.15, 0.2) is 4.77 Å². The highest BCUT2D eigenvalue weighted by Gasteiger charge is 2.20. The Hall–Kier alpha value is -2.25. The molecule has 0 aliphatic carbocycles. The minimum atomic E-state index is -0.126. The van der Waals surface area contributed by atoms with Crippen LogP contribution < -0.4 is 5.56 Å². The fourth-order valence-electron chi connectivity index (χ4n) is 3.68. The Morgan fingerprint density at radius 1 is 1.18 bits per heavy atom. The van der Waals surface area contributed by atoms with E-state index in [0.717, 1.165) is 23.0 Å². The monoisotopic (exact) mass is 457 g/mol. The van der Waals surface area contributed by atoms with E-state index in [1.165, 1.54) is 11.1 Å². The molecule has 144 valence electrons. The van der Waals surface area contributed by atoms with Crippen molar-refractivity contribution in [2.45, 2.75) is 32.4 Å². The normalized spacial score (nSPS) is 13.5. The molecule has 2 heterocycles. The van der Waals surface area contributed by atoms with Crippen molar-refractivity contribution in [3.05, 3.63) is 73.2 Å². The zero-order valence-corrected chi connectivity index (χ0v) is 17.7. The third-order valence-electron chi connectivity index (χ3n) is 5.20. The summed E-state index contributed by atoms with van der Waals surface area (Å²) in [6, 6.07) is 13.8. The molecular formula is C21H20BrN3O2S. The lowest BCUT2D eigenvalue weighted by Crippen LogP contribution is -2.36. The summed E-state index contributed by atoms with van der Waals surface area (Å²) in [5, 5.41) is 0.585. The Morgan fingerprint density at radius 2 is 1.96 bits per heavy atom. The molecule has 1 aromatic heterocycles. The summed E-state index contributed by atoms with van der Waals surface area (Å²) in [6.07, 6.45) is 1.87. The lowest BCUT2D eigenvalue weighted by molar-refractivity contribution is -0.132. The molecule has 0 unspecified atom stereocenters. The molecule has 0 radical (unpaired) electrons. The highest BCUT2D eigenvalue weighted by atomic mass is 79.9. The maximum Gasteiger partial charge on any atom is 0.262 e. The molecule has 0 atom stereocenters. The Labute approximate surface area is 176 Å². The summed E-state index contributed by atoms with van der Waals surface area (Å²) < 4.78 is 2.77. The third-order valence-corrected chi connectivity index (χ3v) is 6.02. The average Bonchev–Trinajstić information content (AvgIpc) is 2.70. The van der Waals surface area contributed by atoms with Gasteiger partial charge in [0, 0.05) is 30.5 Å². The molecule has 1 aliphatic rings. The predicted octanol–water partition coefficient (Wildman–Crippen LogP) is 4.19. The lowest BCUT2D eigenvalue weighted by atomic mass is 9.99. The zero-order valence-electron chi connectivity index (χ0n) is 15.3. The molecule has 0 saturated heterocycles. The van der Waals surface area contributed by atoms with Gasteiger partial charge in [-0.05, 0) is 54.4 Å². The van der Waals surface area contributed by atoms with Crippen molar-refractivity contribution in [1.82, 2.24) is 14.5 Å². The number of carbonyl (C=O) groups excluding carboxylic acids is 1. The number of hydrogen-bond acceptors (Lipinski definition) is 3. The van der Waals surface area contributed by atoms with Gasteiger partial charge in [0.05, 0.1) is 10.9 Å². The van der Waals surface area contributed by atoms with Crippen LogP contribution in [0.3, 0.4) is 0 Å². The molecule has 0 fully saturated rings. The number of aromatic amines is 1. The van der Waals surface area contributed by atoms with Gasteiger partial charge >= 0.3 is 0 Å². The van der Waals surface area contributed by atoms with E-state index in [0.29, 0.717) is 36.1 Å². The molecule has 1 N–H and O–H groups in total. The van der Waals surface area contributed by atoms with E-state index < -0.39 is 0 Å². The highest BCUT2D eigenvalue weighted by Crippen LogP contribution is 2.19. The van der Waals surface area contributed by atoms with Gasteiger partial charge < -0.3 is 9.88 Å². The minimum absolute atomic E-state index is 0.126. The topological polar surface area (TPSA) is 58.1 Å². The molecule has 28 heavy (non-hydrogen) atoms. The second-order valence-electron chi connectivity index (χ2n) is 7.01. The number of amides is 1. The fraction of sp³-hybridized carbons (Fsp3) is 0.286. The highest BCUT2D eigenvalue weighted by molar-refractivity contribution is 9.10. The number of fused-ring (bicyclic) bond motifs is 2. The van der Waals surface area contributed by atoms with Gasteiger partial charge in [0.2, 0.25) is 5.91 Å². The van der Waals surface area contributed by atoms with E-state index >= 15 is 0 Å². The van der Waals surface area contributed by atoms with Gasteiger partial charge in [0.1, 0.15) is 0 Å². The van der Waals surface area contributed by atoms with Crippen molar-refractivity contribution >= 4 is 45.0 Å². The van der Waals surface area contributed by atoms with Crippen LogP contribution in [0, 0.1) is 4.77 Å². The van der Waals surface area contributed by atoms with Gasteiger partial charge in [-0.15, -0.1) is 0 Å². The first-order valence-electron chi connectivity index (χ1n) is 9.30. The molecule has 0 saturated carbocycles. The molecule has 3 aromatic rings. The smallest absolute Gasteiger partial charge is 0.262 e. The van der Waals surface area contributed by atoms with Gasteiger partial charge in [-0.1, -0.05) is 40.2 Å². The minimum Gasteiger partial charge on any atom is -0.338 e. The summed E-state index contributed by atoms with van der Waals surface area (Å²) in [5.74, 6) is 0.126. The average molecular weight is 458 g/mol. The van der Waals surface area contributed by atoms with E-state index in [2.05, 4.69) is 33.0 Å². The first-order chi connectivity index (χ1) is 13.5. The van der Waals surface area contributed by atoms with E-state index in [1.54, 1.807) is 10.6 Å². The van der Waals surface area contributed by atoms with Gasteiger partial charge in [-0.3, -0.25) is 14.2 Å². The van der Waals surface area contributed by atoms with Crippen molar-refractivity contribution < 1.29 is 4.79 Å². The first-order valence-corrected chi connectivity index (χ1v) is 10.5. The summed E-state index contributed by atoms with van der Waals surface area (Å²) >= 11 is 8.75. The summed E-state index contributed by atoms with van der Waals surface area (Å²) in [7, 11) is 0. The summed E-state index contributed by atoms with van der Waals surface area (Å²) in [6.45, 7) is 1.84. The number of aromatic nitrogens is 2. The molecule has 0 spiro atoms. The number of hydrogen-bond donors (Lipinski definition) is 1. The molecule has 1 amide bonds. The van der Waals surface area contributed by atoms with Crippen LogP contribution in [0.25, 0.3) is 10.9 Å². The quantitative estimate of drug-likeness (QED) is 0.597. The van der Waals surface area contributed by atoms with Crippen LogP contribution in [-0.4, -0.2) is 26.9 Å². The van der Waals surface area contributed by atoms with E-state index in [9.17, 15) is 9.59 Å². The van der Waals surface area contributed by atoms with E-state index in [-0.39, 0.29) is 11.5 Å². The summed E-state index contributed by atoms with van der Waals surface area (Å²) in [5.41, 5.74) is 3.14. The largest absolute Gasteiger partial charge is 0.338 e.